The third kappa shape index (κ3) is 2.58. The summed E-state index contributed by atoms with van der Waals surface area (Å²) in [6, 6.07) is 10.2. The molecule has 0 amide bonds. The number of hydrogen-bond acceptors (Lipinski definition) is 4. The van der Waals surface area contributed by atoms with Gasteiger partial charge >= 0.3 is 0 Å². The summed E-state index contributed by atoms with van der Waals surface area (Å²) < 4.78 is 23.9. The Balaban J connectivity index is 2.39. The molecule has 0 aliphatic carbocycles. The molecule has 0 heterocycles. The molecule has 0 aliphatic rings. The molecule has 0 radical (unpaired) electrons. The van der Waals surface area contributed by atoms with Crippen LogP contribution >= 0.6 is 0 Å². The van der Waals surface area contributed by atoms with Gasteiger partial charge in [-0.1, -0.05) is 6.07 Å². The van der Waals surface area contributed by atoms with Gasteiger partial charge in [0.1, 0.15) is 0 Å². The molecule has 19 heavy (non-hydrogen) atoms. The van der Waals surface area contributed by atoms with E-state index in [4.69, 9.17) is 14.7 Å². The van der Waals surface area contributed by atoms with E-state index < -0.39 is 5.82 Å². The molecule has 0 fully saturated rings. The standard InChI is InChI=1S/C14H10FNO3/c1-18-13-4-2-3-10(15)14(13)19-12-6-5-9(8-16)7-11(12)17/h2-7,17H,1H3. The van der Waals surface area contributed by atoms with E-state index >= 15 is 0 Å². The lowest BCUT2D eigenvalue weighted by molar-refractivity contribution is 0.352. The molecule has 0 bridgehead atoms. The minimum absolute atomic E-state index is 0.0439. The Kier molecular flexibility index (Phi) is 3.53. The monoisotopic (exact) mass is 259 g/mol. The molecule has 96 valence electrons. The number of aromatic hydroxyl groups is 1. The van der Waals surface area contributed by atoms with Gasteiger partial charge in [0.2, 0.25) is 5.75 Å². The molecule has 0 saturated heterocycles. The second kappa shape index (κ2) is 5.27. The van der Waals surface area contributed by atoms with Gasteiger partial charge in [-0.2, -0.15) is 5.26 Å². The molecular weight excluding hydrogens is 249 g/mol. The van der Waals surface area contributed by atoms with Gasteiger partial charge in [-0.25, -0.2) is 4.39 Å². The molecule has 0 spiro atoms. The first kappa shape index (κ1) is 12.7. The number of nitrogens with zero attached hydrogens (tertiary/aromatic N) is 1. The predicted molar refractivity (Wildman–Crippen MR) is 65.8 cm³/mol. The normalized spacial score (nSPS) is 9.74. The first-order chi connectivity index (χ1) is 9.15. The van der Waals surface area contributed by atoms with Gasteiger partial charge < -0.3 is 14.6 Å². The fraction of sp³-hybridized carbons (Fsp3) is 0.0714. The minimum atomic E-state index is -0.608. The van der Waals surface area contributed by atoms with E-state index in [1.54, 1.807) is 6.07 Å². The van der Waals surface area contributed by atoms with Crippen molar-refractivity contribution < 1.29 is 19.0 Å². The average Bonchev–Trinajstić information content (AvgIpc) is 2.42. The topological polar surface area (TPSA) is 62.5 Å². The van der Waals surface area contributed by atoms with Crippen LogP contribution in [0.2, 0.25) is 0 Å². The first-order valence-corrected chi connectivity index (χ1v) is 5.39. The van der Waals surface area contributed by atoms with Gasteiger partial charge in [0.05, 0.1) is 18.7 Å². The van der Waals surface area contributed by atoms with Crippen LogP contribution in [0.5, 0.6) is 23.0 Å². The van der Waals surface area contributed by atoms with Crippen LogP contribution in [0.4, 0.5) is 4.39 Å². The zero-order chi connectivity index (χ0) is 13.8. The molecule has 2 rings (SSSR count). The predicted octanol–water partition coefficient (Wildman–Crippen LogP) is 3.20. The van der Waals surface area contributed by atoms with Crippen molar-refractivity contribution in [1.82, 2.24) is 0 Å². The number of halogens is 1. The number of methoxy groups -OCH3 is 1. The SMILES string of the molecule is COc1cccc(F)c1Oc1ccc(C#N)cc1O. The van der Waals surface area contributed by atoms with Crippen LogP contribution in [0.15, 0.2) is 36.4 Å². The van der Waals surface area contributed by atoms with Crippen LogP contribution in [0, 0.1) is 17.1 Å². The smallest absolute Gasteiger partial charge is 0.205 e. The molecule has 0 atom stereocenters. The number of benzene rings is 2. The molecule has 0 unspecified atom stereocenters. The maximum absolute atomic E-state index is 13.7. The van der Waals surface area contributed by atoms with Crippen LogP contribution in [-0.2, 0) is 0 Å². The Labute approximate surface area is 109 Å². The number of ether oxygens (including phenoxy) is 2. The van der Waals surface area contributed by atoms with E-state index in [1.165, 1.54) is 37.4 Å². The maximum Gasteiger partial charge on any atom is 0.205 e. The van der Waals surface area contributed by atoms with Crippen molar-refractivity contribution in [3.63, 3.8) is 0 Å². The fourth-order valence-electron chi connectivity index (χ4n) is 1.53. The molecule has 0 aromatic heterocycles. The zero-order valence-corrected chi connectivity index (χ0v) is 10.1. The van der Waals surface area contributed by atoms with Crippen molar-refractivity contribution >= 4 is 0 Å². The number of hydrogen-bond donors (Lipinski definition) is 1. The second-order valence-corrected chi connectivity index (χ2v) is 3.67. The number of rotatable bonds is 3. The van der Waals surface area contributed by atoms with Gasteiger partial charge in [0, 0.05) is 6.07 Å². The molecule has 2 aromatic carbocycles. The summed E-state index contributed by atoms with van der Waals surface area (Å²) in [4.78, 5) is 0. The lowest BCUT2D eigenvalue weighted by atomic mass is 10.2. The Morgan fingerprint density at radius 3 is 2.63 bits per heavy atom. The van der Waals surface area contributed by atoms with Crippen molar-refractivity contribution in [3.8, 4) is 29.1 Å². The summed E-state index contributed by atoms with van der Waals surface area (Å²) in [5, 5.41) is 18.4. The number of phenolic OH excluding ortho intramolecular Hbond substituents is 1. The minimum Gasteiger partial charge on any atom is -0.504 e. The molecular formula is C14H10FNO3. The maximum atomic E-state index is 13.7. The second-order valence-electron chi connectivity index (χ2n) is 3.67. The molecule has 0 saturated carbocycles. The van der Waals surface area contributed by atoms with E-state index in [1.807, 2.05) is 6.07 Å². The van der Waals surface area contributed by atoms with Crippen molar-refractivity contribution in [1.29, 1.82) is 5.26 Å². The summed E-state index contributed by atoms with van der Waals surface area (Å²) in [6.07, 6.45) is 0. The highest BCUT2D eigenvalue weighted by Crippen LogP contribution is 2.37. The molecule has 1 N–H and O–H groups in total. The largest absolute Gasteiger partial charge is 0.504 e. The van der Waals surface area contributed by atoms with Gasteiger partial charge in [0.15, 0.2) is 23.1 Å². The first-order valence-electron chi connectivity index (χ1n) is 5.39. The van der Waals surface area contributed by atoms with Gasteiger partial charge in [-0.15, -0.1) is 0 Å². The van der Waals surface area contributed by atoms with E-state index in [0.717, 1.165) is 0 Å². The van der Waals surface area contributed by atoms with Crippen LogP contribution in [0.3, 0.4) is 0 Å². The van der Waals surface area contributed by atoms with Crippen LogP contribution in [-0.4, -0.2) is 12.2 Å². The van der Waals surface area contributed by atoms with Crippen LogP contribution in [0.1, 0.15) is 5.56 Å². The summed E-state index contributed by atoms with van der Waals surface area (Å²) >= 11 is 0. The van der Waals surface area contributed by atoms with E-state index in [-0.39, 0.29) is 28.6 Å². The lowest BCUT2D eigenvalue weighted by Gasteiger charge is -2.11. The van der Waals surface area contributed by atoms with Crippen molar-refractivity contribution in [2.45, 2.75) is 0 Å². The fourth-order valence-corrected chi connectivity index (χ4v) is 1.53. The summed E-state index contributed by atoms with van der Waals surface area (Å²) in [5.74, 6) is -0.719. The number of phenols is 1. The van der Waals surface area contributed by atoms with Crippen LogP contribution < -0.4 is 9.47 Å². The Bertz CT molecular complexity index is 650. The molecule has 2 aromatic rings. The summed E-state index contributed by atoms with van der Waals surface area (Å²) in [7, 11) is 1.39. The van der Waals surface area contributed by atoms with Gasteiger partial charge in [-0.3, -0.25) is 0 Å². The number of para-hydroxylation sites is 1. The highest BCUT2D eigenvalue weighted by molar-refractivity contribution is 5.50. The van der Waals surface area contributed by atoms with E-state index in [2.05, 4.69) is 0 Å². The number of nitriles is 1. The summed E-state index contributed by atoms with van der Waals surface area (Å²) in [5.41, 5.74) is 0.283. The van der Waals surface area contributed by atoms with Crippen molar-refractivity contribution in [2.75, 3.05) is 7.11 Å². The average molecular weight is 259 g/mol. The lowest BCUT2D eigenvalue weighted by Crippen LogP contribution is -1.93. The third-order valence-electron chi connectivity index (χ3n) is 2.45. The Morgan fingerprint density at radius 2 is 2.00 bits per heavy atom. The van der Waals surface area contributed by atoms with Gasteiger partial charge in [0.25, 0.3) is 0 Å². The highest BCUT2D eigenvalue weighted by atomic mass is 19.1. The van der Waals surface area contributed by atoms with E-state index in [9.17, 15) is 9.50 Å². The summed E-state index contributed by atoms with van der Waals surface area (Å²) in [6.45, 7) is 0. The Hall–Kier alpha value is -2.74. The highest BCUT2D eigenvalue weighted by Gasteiger charge is 2.13. The third-order valence-corrected chi connectivity index (χ3v) is 2.45. The molecule has 5 heteroatoms. The van der Waals surface area contributed by atoms with Gasteiger partial charge in [-0.05, 0) is 24.3 Å². The van der Waals surface area contributed by atoms with Crippen molar-refractivity contribution in [3.05, 3.63) is 47.8 Å². The van der Waals surface area contributed by atoms with Crippen LogP contribution in [0.25, 0.3) is 0 Å². The molecule has 4 nitrogen and oxygen atoms in total. The van der Waals surface area contributed by atoms with Crippen molar-refractivity contribution in [2.24, 2.45) is 0 Å². The zero-order valence-electron chi connectivity index (χ0n) is 10.1. The Morgan fingerprint density at radius 1 is 1.21 bits per heavy atom. The molecule has 0 aliphatic heterocycles. The van der Waals surface area contributed by atoms with E-state index in [0.29, 0.717) is 0 Å². The quantitative estimate of drug-likeness (QED) is 0.919.